The minimum absolute atomic E-state index is 0.00511. The van der Waals surface area contributed by atoms with Crippen LogP contribution in [0.4, 0.5) is 0 Å². The number of fused-ring (bicyclic) bond motifs is 1. The Labute approximate surface area is 117 Å². The highest BCUT2D eigenvalue weighted by molar-refractivity contribution is 5.82. The van der Waals surface area contributed by atoms with E-state index in [0.717, 1.165) is 37.3 Å². The summed E-state index contributed by atoms with van der Waals surface area (Å²) in [4.78, 5) is 14.8. The first kappa shape index (κ1) is 13.4. The Morgan fingerprint density at radius 1 is 1.16 bits per heavy atom. The van der Waals surface area contributed by atoms with Crippen molar-refractivity contribution in [3.63, 3.8) is 0 Å². The van der Waals surface area contributed by atoms with Gasteiger partial charge in [-0.15, -0.1) is 0 Å². The van der Waals surface area contributed by atoms with Crippen LogP contribution in [0.25, 0.3) is 0 Å². The van der Waals surface area contributed by atoms with Gasteiger partial charge in [0, 0.05) is 18.5 Å². The van der Waals surface area contributed by atoms with E-state index in [2.05, 4.69) is 24.3 Å². The fraction of sp³-hybridized carbons (Fsp3) is 0.938. The van der Waals surface area contributed by atoms with Gasteiger partial charge in [0.2, 0.25) is 5.91 Å². The zero-order chi connectivity index (χ0) is 13.5. The van der Waals surface area contributed by atoms with Crippen LogP contribution in [-0.2, 0) is 4.79 Å². The van der Waals surface area contributed by atoms with E-state index >= 15 is 0 Å². The van der Waals surface area contributed by atoms with E-state index in [1.807, 2.05) is 0 Å². The number of nitrogens with one attached hydrogen (secondary N) is 1. The van der Waals surface area contributed by atoms with Gasteiger partial charge in [-0.2, -0.15) is 0 Å². The maximum absolute atomic E-state index is 12.7. The Kier molecular flexibility index (Phi) is 3.59. The number of rotatable bonds is 4. The Hall–Kier alpha value is -0.570. The lowest BCUT2D eigenvalue weighted by Crippen LogP contribution is -2.47. The Balaban J connectivity index is 1.66. The van der Waals surface area contributed by atoms with Crippen molar-refractivity contribution in [3.8, 4) is 0 Å². The molecule has 0 aromatic carbocycles. The number of hydrogen-bond donors (Lipinski definition) is 1. The molecule has 0 unspecified atom stereocenters. The molecule has 108 valence electrons. The normalized spacial score (nSPS) is 40.5. The zero-order valence-electron chi connectivity index (χ0n) is 12.5. The predicted octanol–water partition coefficient (Wildman–Crippen LogP) is 2.27. The van der Waals surface area contributed by atoms with Crippen LogP contribution in [0.1, 0.15) is 44.9 Å². The highest BCUT2D eigenvalue weighted by Gasteiger charge is 2.51. The van der Waals surface area contributed by atoms with Crippen molar-refractivity contribution < 1.29 is 4.79 Å². The summed E-state index contributed by atoms with van der Waals surface area (Å²) < 4.78 is 0. The van der Waals surface area contributed by atoms with Crippen LogP contribution in [0, 0.1) is 23.2 Å². The molecule has 19 heavy (non-hydrogen) atoms. The van der Waals surface area contributed by atoms with Crippen LogP contribution in [0.5, 0.6) is 0 Å². The van der Waals surface area contributed by atoms with Crippen molar-refractivity contribution in [1.82, 2.24) is 10.2 Å². The Morgan fingerprint density at radius 3 is 2.42 bits per heavy atom. The molecule has 4 aliphatic rings. The Bertz CT molecular complexity index is 339. The monoisotopic (exact) mass is 264 g/mol. The lowest BCUT2D eigenvalue weighted by Gasteiger charge is -2.44. The molecule has 4 rings (SSSR count). The molecule has 2 atom stereocenters. The lowest BCUT2D eigenvalue weighted by atomic mass is 9.61. The predicted molar refractivity (Wildman–Crippen MR) is 76.8 cm³/mol. The van der Waals surface area contributed by atoms with Crippen LogP contribution in [0.3, 0.4) is 0 Å². The first-order valence-corrected chi connectivity index (χ1v) is 8.00. The van der Waals surface area contributed by atoms with Crippen LogP contribution < -0.4 is 5.32 Å². The van der Waals surface area contributed by atoms with E-state index < -0.39 is 0 Å². The van der Waals surface area contributed by atoms with Crippen LogP contribution >= 0.6 is 0 Å². The van der Waals surface area contributed by atoms with Crippen molar-refractivity contribution >= 4 is 5.91 Å². The molecule has 3 heteroatoms. The minimum atomic E-state index is 0.00511. The second kappa shape index (κ2) is 5.08. The highest BCUT2D eigenvalue weighted by atomic mass is 16.2. The molecule has 0 radical (unpaired) electrons. The average Bonchev–Trinajstić information content (AvgIpc) is 2.54. The summed E-state index contributed by atoms with van der Waals surface area (Å²) in [6, 6.07) is 0. The maximum atomic E-state index is 12.7. The second-order valence-corrected chi connectivity index (χ2v) is 7.59. The topological polar surface area (TPSA) is 32.3 Å². The smallest absolute Gasteiger partial charge is 0.226 e. The summed E-state index contributed by atoms with van der Waals surface area (Å²) in [5, 5.41) is 3.22. The molecule has 4 aliphatic carbocycles. The lowest BCUT2D eigenvalue weighted by molar-refractivity contribution is -0.135. The molecule has 0 spiro atoms. The molecule has 1 amide bonds. The van der Waals surface area contributed by atoms with E-state index in [4.69, 9.17) is 0 Å². The third kappa shape index (κ3) is 2.67. The number of likely N-dealkylation sites (N-methyl/N-ethyl adjacent to an activating group) is 1. The molecule has 4 bridgehead atoms. The van der Waals surface area contributed by atoms with Crippen molar-refractivity contribution in [2.24, 2.45) is 23.2 Å². The molecule has 4 saturated carbocycles. The average molecular weight is 264 g/mol. The summed E-state index contributed by atoms with van der Waals surface area (Å²) in [5.41, 5.74) is 0.00511. The number of carbonyl (C=O) groups excluding carboxylic acids is 1. The third-order valence-electron chi connectivity index (χ3n) is 5.72. The molecular formula is C16H28N2O. The molecule has 0 saturated heterocycles. The van der Waals surface area contributed by atoms with Crippen LogP contribution in [-0.4, -0.2) is 38.0 Å². The van der Waals surface area contributed by atoms with Gasteiger partial charge in [0.25, 0.3) is 0 Å². The maximum Gasteiger partial charge on any atom is 0.226 e. The van der Waals surface area contributed by atoms with Gasteiger partial charge >= 0.3 is 0 Å². The van der Waals surface area contributed by atoms with Gasteiger partial charge in [0.1, 0.15) is 0 Å². The third-order valence-corrected chi connectivity index (χ3v) is 5.72. The fourth-order valence-electron chi connectivity index (χ4n) is 5.02. The molecule has 4 fully saturated rings. The first-order chi connectivity index (χ1) is 9.07. The van der Waals surface area contributed by atoms with Crippen molar-refractivity contribution in [2.75, 3.05) is 27.2 Å². The van der Waals surface area contributed by atoms with Crippen LogP contribution in [0.15, 0.2) is 0 Å². The van der Waals surface area contributed by atoms with Crippen molar-refractivity contribution in [1.29, 1.82) is 0 Å². The Morgan fingerprint density at radius 2 is 1.79 bits per heavy atom. The fourth-order valence-corrected chi connectivity index (χ4v) is 5.02. The highest BCUT2D eigenvalue weighted by Crippen LogP contribution is 2.57. The SMILES string of the molecule is CN(C)CCNC(=O)C12CCC3C[C@@H](C[C@H](C3)C1)C2. The first-order valence-electron chi connectivity index (χ1n) is 8.00. The number of nitrogens with zero attached hydrogens (tertiary/aromatic N) is 1. The molecule has 0 aliphatic heterocycles. The summed E-state index contributed by atoms with van der Waals surface area (Å²) in [6.45, 7) is 1.74. The van der Waals surface area contributed by atoms with E-state index in [1.54, 1.807) is 0 Å². The van der Waals surface area contributed by atoms with E-state index in [1.165, 1.54) is 38.5 Å². The van der Waals surface area contributed by atoms with E-state index in [9.17, 15) is 4.79 Å². The molecule has 1 N–H and O–H groups in total. The molecule has 0 aromatic rings. The van der Waals surface area contributed by atoms with Gasteiger partial charge in [-0.1, -0.05) is 0 Å². The summed E-state index contributed by atoms with van der Waals surface area (Å²) in [7, 11) is 4.11. The quantitative estimate of drug-likeness (QED) is 0.845. The molecular weight excluding hydrogens is 236 g/mol. The van der Waals surface area contributed by atoms with Crippen molar-refractivity contribution in [2.45, 2.75) is 44.9 Å². The zero-order valence-corrected chi connectivity index (χ0v) is 12.5. The standard InChI is InChI=1S/C16H28N2O/c1-18(2)6-5-17-15(19)16-4-3-12-7-13(10-16)9-14(8-12)11-16/h12-14H,3-11H2,1-2H3,(H,17,19)/t12?,13-,14-,16?/m0/s1. The molecule has 0 aromatic heterocycles. The van der Waals surface area contributed by atoms with Gasteiger partial charge in [0.05, 0.1) is 0 Å². The van der Waals surface area contributed by atoms with Gasteiger partial charge in [-0.25, -0.2) is 0 Å². The van der Waals surface area contributed by atoms with Gasteiger partial charge in [0.15, 0.2) is 0 Å². The summed E-state index contributed by atoms with van der Waals surface area (Å²) >= 11 is 0. The van der Waals surface area contributed by atoms with E-state index in [0.29, 0.717) is 5.91 Å². The number of carbonyl (C=O) groups is 1. The summed E-state index contributed by atoms with van der Waals surface area (Å²) in [6.07, 6.45) is 9.02. The van der Waals surface area contributed by atoms with Gasteiger partial charge in [-0.05, 0) is 76.8 Å². The minimum Gasteiger partial charge on any atom is -0.354 e. The molecule has 0 heterocycles. The molecule has 3 nitrogen and oxygen atoms in total. The summed E-state index contributed by atoms with van der Waals surface area (Å²) in [5.74, 6) is 2.99. The van der Waals surface area contributed by atoms with E-state index in [-0.39, 0.29) is 5.41 Å². The van der Waals surface area contributed by atoms with Crippen molar-refractivity contribution in [3.05, 3.63) is 0 Å². The van der Waals surface area contributed by atoms with Gasteiger partial charge < -0.3 is 10.2 Å². The number of amides is 1. The second-order valence-electron chi connectivity index (χ2n) is 7.59. The van der Waals surface area contributed by atoms with Gasteiger partial charge in [-0.3, -0.25) is 4.79 Å². The van der Waals surface area contributed by atoms with Crippen LogP contribution in [0.2, 0.25) is 0 Å². The largest absolute Gasteiger partial charge is 0.354 e. The number of hydrogen-bond acceptors (Lipinski definition) is 2.